The fourth-order valence-corrected chi connectivity index (χ4v) is 4.09. The SMILES string of the molecule is O=C(Cc1ccccc1)Nc1ccc(N2CCN(C(=O)c3ccc(Cl)cc3Cl)CC2)nc1. The van der Waals surface area contributed by atoms with Crippen LogP contribution in [0.1, 0.15) is 15.9 Å². The van der Waals surface area contributed by atoms with Crippen LogP contribution in [0, 0.1) is 0 Å². The van der Waals surface area contributed by atoms with Gasteiger partial charge in [-0.1, -0.05) is 53.5 Å². The van der Waals surface area contributed by atoms with Gasteiger partial charge >= 0.3 is 0 Å². The van der Waals surface area contributed by atoms with Crippen molar-refractivity contribution in [3.05, 3.63) is 88.0 Å². The van der Waals surface area contributed by atoms with E-state index in [4.69, 9.17) is 23.2 Å². The molecule has 32 heavy (non-hydrogen) atoms. The zero-order valence-corrected chi connectivity index (χ0v) is 18.8. The molecule has 6 nitrogen and oxygen atoms in total. The van der Waals surface area contributed by atoms with Crippen molar-refractivity contribution in [2.24, 2.45) is 0 Å². The second-order valence-electron chi connectivity index (χ2n) is 7.52. The maximum absolute atomic E-state index is 12.8. The highest BCUT2D eigenvalue weighted by Gasteiger charge is 2.24. The average molecular weight is 469 g/mol. The van der Waals surface area contributed by atoms with E-state index in [1.807, 2.05) is 42.5 Å². The summed E-state index contributed by atoms with van der Waals surface area (Å²) < 4.78 is 0. The van der Waals surface area contributed by atoms with E-state index in [1.165, 1.54) is 0 Å². The molecule has 4 rings (SSSR count). The Morgan fingerprint density at radius 3 is 2.34 bits per heavy atom. The molecule has 1 N–H and O–H groups in total. The minimum absolute atomic E-state index is 0.0845. The number of carbonyl (C=O) groups is 2. The van der Waals surface area contributed by atoms with Gasteiger partial charge in [-0.15, -0.1) is 0 Å². The van der Waals surface area contributed by atoms with E-state index in [0.29, 0.717) is 53.9 Å². The standard InChI is InChI=1S/C24H22Cl2N4O2/c25-18-6-8-20(21(26)15-18)24(32)30-12-10-29(11-13-30)22-9-7-19(16-27-22)28-23(31)14-17-4-2-1-3-5-17/h1-9,15-16H,10-14H2,(H,28,31). The Bertz CT molecular complexity index is 1100. The highest BCUT2D eigenvalue weighted by Crippen LogP contribution is 2.23. The van der Waals surface area contributed by atoms with Crippen LogP contribution in [-0.2, 0) is 11.2 Å². The Kier molecular flexibility index (Phi) is 6.93. The van der Waals surface area contributed by atoms with Gasteiger partial charge in [0.1, 0.15) is 5.82 Å². The molecule has 3 aromatic rings. The topological polar surface area (TPSA) is 65.5 Å². The number of benzene rings is 2. The second-order valence-corrected chi connectivity index (χ2v) is 8.36. The van der Waals surface area contributed by atoms with Gasteiger partial charge in [-0.05, 0) is 35.9 Å². The van der Waals surface area contributed by atoms with E-state index in [-0.39, 0.29) is 11.8 Å². The summed E-state index contributed by atoms with van der Waals surface area (Å²) in [5.74, 6) is 0.622. The summed E-state index contributed by atoms with van der Waals surface area (Å²) in [6.07, 6.45) is 1.97. The molecule has 0 spiro atoms. The van der Waals surface area contributed by atoms with Gasteiger partial charge in [0.05, 0.1) is 28.9 Å². The lowest BCUT2D eigenvalue weighted by Gasteiger charge is -2.35. The highest BCUT2D eigenvalue weighted by molar-refractivity contribution is 6.36. The number of nitrogens with zero attached hydrogens (tertiary/aromatic N) is 3. The summed E-state index contributed by atoms with van der Waals surface area (Å²) in [5, 5.41) is 3.74. The zero-order valence-electron chi connectivity index (χ0n) is 17.3. The summed E-state index contributed by atoms with van der Waals surface area (Å²) in [6, 6.07) is 18.2. The van der Waals surface area contributed by atoms with Crippen molar-refractivity contribution in [1.82, 2.24) is 9.88 Å². The first kappa shape index (κ1) is 22.1. The first-order valence-electron chi connectivity index (χ1n) is 10.3. The van der Waals surface area contributed by atoms with Crippen molar-refractivity contribution >= 4 is 46.5 Å². The number of halogens is 2. The molecule has 1 fully saturated rings. The number of aromatic nitrogens is 1. The molecule has 2 heterocycles. The molecule has 0 saturated carbocycles. The van der Waals surface area contributed by atoms with Crippen molar-refractivity contribution in [2.45, 2.75) is 6.42 Å². The maximum atomic E-state index is 12.8. The number of pyridine rings is 1. The number of amides is 2. The van der Waals surface area contributed by atoms with Gasteiger partial charge < -0.3 is 15.1 Å². The fraction of sp³-hybridized carbons (Fsp3) is 0.208. The van der Waals surface area contributed by atoms with Crippen LogP contribution in [0.4, 0.5) is 11.5 Å². The Hall–Kier alpha value is -3.09. The lowest BCUT2D eigenvalue weighted by molar-refractivity contribution is -0.115. The average Bonchev–Trinajstić information content (AvgIpc) is 2.80. The summed E-state index contributed by atoms with van der Waals surface area (Å²) in [6.45, 7) is 2.44. The lowest BCUT2D eigenvalue weighted by atomic mass is 10.1. The van der Waals surface area contributed by atoms with Gasteiger partial charge in [-0.2, -0.15) is 0 Å². The molecule has 0 atom stereocenters. The van der Waals surface area contributed by atoms with Crippen LogP contribution < -0.4 is 10.2 Å². The van der Waals surface area contributed by atoms with Crippen molar-refractivity contribution in [2.75, 3.05) is 36.4 Å². The monoisotopic (exact) mass is 468 g/mol. The van der Waals surface area contributed by atoms with E-state index in [0.717, 1.165) is 11.4 Å². The van der Waals surface area contributed by atoms with Gasteiger partial charge in [-0.25, -0.2) is 4.98 Å². The largest absolute Gasteiger partial charge is 0.353 e. The highest BCUT2D eigenvalue weighted by atomic mass is 35.5. The van der Waals surface area contributed by atoms with Crippen molar-refractivity contribution in [3.8, 4) is 0 Å². The Morgan fingerprint density at radius 1 is 0.938 bits per heavy atom. The van der Waals surface area contributed by atoms with Crippen molar-refractivity contribution in [3.63, 3.8) is 0 Å². The van der Waals surface area contributed by atoms with Crippen LogP contribution in [0.2, 0.25) is 10.0 Å². The molecule has 8 heteroatoms. The minimum Gasteiger partial charge on any atom is -0.353 e. The predicted molar refractivity (Wildman–Crippen MR) is 128 cm³/mol. The molecule has 1 aromatic heterocycles. The van der Waals surface area contributed by atoms with Crippen LogP contribution in [0.5, 0.6) is 0 Å². The first-order chi connectivity index (χ1) is 15.5. The summed E-state index contributed by atoms with van der Waals surface area (Å²) in [5.41, 5.74) is 2.07. The van der Waals surface area contributed by atoms with E-state index in [1.54, 1.807) is 29.3 Å². The Morgan fingerprint density at radius 2 is 1.69 bits per heavy atom. The molecule has 1 aliphatic heterocycles. The third kappa shape index (κ3) is 5.39. The van der Waals surface area contributed by atoms with E-state index >= 15 is 0 Å². The molecule has 0 unspecified atom stereocenters. The van der Waals surface area contributed by atoms with E-state index in [9.17, 15) is 9.59 Å². The predicted octanol–water partition coefficient (Wildman–Crippen LogP) is 4.53. The smallest absolute Gasteiger partial charge is 0.255 e. The number of hydrogen-bond donors (Lipinski definition) is 1. The molecule has 1 aliphatic rings. The molecule has 164 valence electrons. The Labute approximate surface area is 196 Å². The zero-order chi connectivity index (χ0) is 22.5. The maximum Gasteiger partial charge on any atom is 0.255 e. The lowest BCUT2D eigenvalue weighted by Crippen LogP contribution is -2.49. The van der Waals surface area contributed by atoms with Crippen LogP contribution >= 0.6 is 23.2 Å². The number of rotatable bonds is 5. The minimum atomic E-state index is -0.101. The summed E-state index contributed by atoms with van der Waals surface area (Å²) in [7, 11) is 0. The van der Waals surface area contributed by atoms with Crippen LogP contribution in [0.15, 0.2) is 66.9 Å². The Balaban J connectivity index is 1.31. The molecule has 2 aromatic carbocycles. The molecule has 0 bridgehead atoms. The van der Waals surface area contributed by atoms with Crippen LogP contribution in [-0.4, -0.2) is 47.9 Å². The molecule has 2 amide bonds. The van der Waals surface area contributed by atoms with Gasteiger partial charge in [0, 0.05) is 31.2 Å². The third-order valence-electron chi connectivity index (χ3n) is 5.29. The van der Waals surface area contributed by atoms with Gasteiger partial charge in [-0.3, -0.25) is 9.59 Å². The van der Waals surface area contributed by atoms with Crippen LogP contribution in [0.25, 0.3) is 0 Å². The molecule has 0 radical (unpaired) electrons. The van der Waals surface area contributed by atoms with Crippen LogP contribution in [0.3, 0.4) is 0 Å². The van der Waals surface area contributed by atoms with E-state index < -0.39 is 0 Å². The van der Waals surface area contributed by atoms with Gasteiger partial charge in [0.15, 0.2) is 0 Å². The molecular formula is C24H22Cl2N4O2. The number of anilines is 2. The normalized spacial score (nSPS) is 13.7. The van der Waals surface area contributed by atoms with Crippen molar-refractivity contribution in [1.29, 1.82) is 0 Å². The van der Waals surface area contributed by atoms with Gasteiger partial charge in [0.2, 0.25) is 5.91 Å². The van der Waals surface area contributed by atoms with Gasteiger partial charge in [0.25, 0.3) is 5.91 Å². The number of hydrogen-bond acceptors (Lipinski definition) is 4. The van der Waals surface area contributed by atoms with Crippen molar-refractivity contribution < 1.29 is 9.59 Å². The summed E-state index contributed by atoms with van der Waals surface area (Å²) >= 11 is 12.1. The number of carbonyl (C=O) groups excluding carboxylic acids is 2. The molecule has 0 aliphatic carbocycles. The summed E-state index contributed by atoms with van der Waals surface area (Å²) in [4.78, 5) is 33.4. The molecular weight excluding hydrogens is 447 g/mol. The molecule has 1 saturated heterocycles. The third-order valence-corrected chi connectivity index (χ3v) is 5.84. The second kappa shape index (κ2) is 10.0. The first-order valence-corrected chi connectivity index (χ1v) is 11.0. The number of piperazine rings is 1. The van der Waals surface area contributed by atoms with E-state index in [2.05, 4.69) is 15.2 Å². The quantitative estimate of drug-likeness (QED) is 0.597. The number of nitrogens with one attached hydrogen (secondary N) is 1. The fourth-order valence-electron chi connectivity index (χ4n) is 3.61.